The molecule has 0 saturated carbocycles. The van der Waals surface area contributed by atoms with Crippen LogP contribution in [-0.2, 0) is 30.3 Å². The number of carbonyl (C=O) groups excluding carboxylic acids is 4. The van der Waals surface area contributed by atoms with Crippen LogP contribution in [-0.4, -0.2) is 59.6 Å². The van der Waals surface area contributed by atoms with Crippen molar-refractivity contribution >= 4 is 23.9 Å². The molecule has 38 heavy (non-hydrogen) atoms. The fraction of sp³-hybridized carbons (Fsp3) is 0.655. The Bertz CT molecular complexity index is 923. The van der Waals surface area contributed by atoms with E-state index in [1.54, 1.807) is 32.6 Å². The van der Waals surface area contributed by atoms with Crippen molar-refractivity contribution in [3.8, 4) is 0 Å². The van der Waals surface area contributed by atoms with Crippen molar-refractivity contribution < 1.29 is 28.7 Å². The Labute approximate surface area is 228 Å². The SMILES string of the molecule is CCOC(=O)CCNC(=O)C(c1ccc(CC)cc1)N(C(=O)C(NC(=O)OC(C)(C)C)C(C)C)C(C)CC. The van der Waals surface area contributed by atoms with Crippen molar-refractivity contribution in [2.45, 2.75) is 105 Å². The summed E-state index contributed by atoms with van der Waals surface area (Å²) in [6.07, 6.45) is 0.742. The zero-order valence-electron chi connectivity index (χ0n) is 24.6. The van der Waals surface area contributed by atoms with Crippen LogP contribution in [0, 0.1) is 5.92 Å². The maximum Gasteiger partial charge on any atom is 0.408 e. The topological polar surface area (TPSA) is 114 Å². The number of carbonyl (C=O) groups is 4. The average Bonchev–Trinajstić information content (AvgIpc) is 2.83. The van der Waals surface area contributed by atoms with Crippen LogP contribution in [0.3, 0.4) is 0 Å². The standard InChI is InChI=1S/C29H47N3O6/c1-10-20(6)32(27(35)24(19(4)5)31-28(36)38-29(7,8)9)25(22-15-13-21(11-2)14-16-22)26(34)30-18-17-23(33)37-12-3/h13-16,19-20,24-25H,10-12,17-18H2,1-9H3,(H,30,34)(H,31,36). The van der Waals surface area contributed by atoms with Crippen molar-refractivity contribution in [3.63, 3.8) is 0 Å². The summed E-state index contributed by atoms with van der Waals surface area (Å²) in [5, 5.41) is 5.53. The second kappa shape index (κ2) is 15.3. The maximum atomic E-state index is 14.1. The number of alkyl carbamates (subject to hydrolysis) is 1. The number of esters is 1. The van der Waals surface area contributed by atoms with Crippen LogP contribution in [0.15, 0.2) is 24.3 Å². The lowest BCUT2D eigenvalue weighted by atomic mass is 9.96. The van der Waals surface area contributed by atoms with E-state index >= 15 is 0 Å². The first kappa shape index (κ1) is 32.9. The highest BCUT2D eigenvalue weighted by molar-refractivity contribution is 5.92. The minimum absolute atomic E-state index is 0.0210. The number of hydrogen-bond donors (Lipinski definition) is 2. The highest BCUT2D eigenvalue weighted by atomic mass is 16.6. The molecular formula is C29H47N3O6. The molecule has 0 aliphatic carbocycles. The van der Waals surface area contributed by atoms with Crippen LogP contribution < -0.4 is 10.6 Å². The van der Waals surface area contributed by atoms with Crippen molar-refractivity contribution in [2.75, 3.05) is 13.2 Å². The molecule has 0 spiro atoms. The summed E-state index contributed by atoms with van der Waals surface area (Å²) >= 11 is 0. The van der Waals surface area contributed by atoms with Gasteiger partial charge in [-0.05, 0) is 64.5 Å². The van der Waals surface area contributed by atoms with E-state index in [-0.39, 0.29) is 37.4 Å². The molecule has 0 bridgehead atoms. The molecule has 1 aromatic carbocycles. The van der Waals surface area contributed by atoms with E-state index in [2.05, 4.69) is 10.6 Å². The second-order valence-electron chi connectivity index (χ2n) is 10.7. The van der Waals surface area contributed by atoms with Gasteiger partial charge in [-0.1, -0.05) is 52.0 Å². The lowest BCUT2D eigenvalue weighted by molar-refractivity contribution is -0.146. The molecule has 0 heterocycles. The van der Waals surface area contributed by atoms with Gasteiger partial charge in [0.1, 0.15) is 17.7 Å². The van der Waals surface area contributed by atoms with Crippen LogP contribution in [0.4, 0.5) is 4.79 Å². The van der Waals surface area contributed by atoms with Gasteiger partial charge in [0.15, 0.2) is 0 Å². The number of nitrogens with one attached hydrogen (secondary N) is 2. The zero-order chi connectivity index (χ0) is 29.0. The Morgan fingerprint density at radius 3 is 2.05 bits per heavy atom. The van der Waals surface area contributed by atoms with E-state index in [1.165, 1.54) is 0 Å². The Kier molecular flexibility index (Phi) is 13.3. The van der Waals surface area contributed by atoms with Gasteiger partial charge in [-0.2, -0.15) is 0 Å². The summed E-state index contributed by atoms with van der Waals surface area (Å²) in [6, 6.07) is 5.37. The molecule has 0 aromatic heterocycles. The Balaban J connectivity index is 3.44. The maximum absolute atomic E-state index is 14.1. The summed E-state index contributed by atoms with van der Waals surface area (Å²) in [6.45, 7) is 16.8. The molecular weight excluding hydrogens is 486 g/mol. The highest BCUT2D eigenvalue weighted by Gasteiger charge is 2.39. The Hall–Kier alpha value is -3.10. The van der Waals surface area contributed by atoms with Crippen molar-refractivity contribution in [1.82, 2.24) is 15.5 Å². The van der Waals surface area contributed by atoms with E-state index in [1.807, 2.05) is 58.9 Å². The van der Waals surface area contributed by atoms with Gasteiger partial charge in [0.25, 0.3) is 0 Å². The molecule has 0 aliphatic rings. The van der Waals surface area contributed by atoms with Crippen molar-refractivity contribution in [3.05, 3.63) is 35.4 Å². The number of rotatable bonds is 13. The first-order valence-electron chi connectivity index (χ1n) is 13.6. The number of ether oxygens (including phenoxy) is 2. The summed E-state index contributed by atoms with van der Waals surface area (Å²) in [7, 11) is 0. The number of nitrogens with zero attached hydrogens (tertiary/aromatic N) is 1. The molecule has 0 radical (unpaired) electrons. The van der Waals surface area contributed by atoms with Gasteiger partial charge in [0.2, 0.25) is 11.8 Å². The van der Waals surface area contributed by atoms with Gasteiger partial charge >= 0.3 is 12.1 Å². The van der Waals surface area contributed by atoms with Gasteiger partial charge in [-0.15, -0.1) is 0 Å². The van der Waals surface area contributed by atoms with Crippen LogP contribution in [0.1, 0.15) is 92.3 Å². The summed E-state index contributed by atoms with van der Waals surface area (Å²) < 4.78 is 10.4. The van der Waals surface area contributed by atoms with E-state index in [4.69, 9.17) is 9.47 Å². The molecule has 2 N–H and O–H groups in total. The molecule has 9 heteroatoms. The molecule has 3 amide bonds. The average molecular weight is 534 g/mol. The molecule has 3 atom stereocenters. The molecule has 1 aromatic rings. The van der Waals surface area contributed by atoms with Crippen LogP contribution >= 0.6 is 0 Å². The van der Waals surface area contributed by atoms with Crippen molar-refractivity contribution in [1.29, 1.82) is 0 Å². The lowest BCUT2D eigenvalue weighted by Crippen LogP contribution is -2.57. The Morgan fingerprint density at radius 2 is 1.58 bits per heavy atom. The summed E-state index contributed by atoms with van der Waals surface area (Å²) in [5.74, 6) is -1.47. The third kappa shape index (κ3) is 10.3. The van der Waals surface area contributed by atoms with Crippen molar-refractivity contribution in [2.24, 2.45) is 5.92 Å². The molecule has 1 rings (SSSR count). The number of benzene rings is 1. The number of amides is 3. The fourth-order valence-corrected chi connectivity index (χ4v) is 3.90. The predicted octanol–water partition coefficient (Wildman–Crippen LogP) is 4.54. The molecule has 0 aliphatic heterocycles. The third-order valence-corrected chi connectivity index (χ3v) is 6.09. The van der Waals surface area contributed by atoms with Gasteiger partial charge in [-0.3, -0.25) is 14.4 Å². The van der Waals surface area contributed by atoms with Crippen LogP contribution in [0.5, 0.6) is 0 Å². The van der Waals surface area contributed by atoms with E-state index in [0.717, 1.165) is 12.0 Å². The fourth-order valence-electron chi connectivity index (χ4n) is 3.90. The van der Waals surface area contributed by atoms with E-state index in [0.29, 0.717) is 12.0 Å². The van der Waals surface area contributed by atoms with Gasteiger partial charge < -0.3 is 25.0 Å². The molecule has 0 fully saturated rings. The smallest absolute Gasteiger partial charge is 0.408 e. The minimum Gasteiger partial charge on any atom is -0.466 e. The number of hydrogen-bond acceptors (Lipinski definition) is 6. The quantitative estimate of drug-likeness (QED) is 0.360. The Morgan fingerprint density at radius 1 is 0.974 bits per heavy atom. The summed E-state index contributed by atoms with van der Waals surface area (Å²) in [5.41, 5.74) is 1.01. The normalized spacial score (nSPS) is 13.7. The summed E-state index contributed by atoms with van der Waals surface area (Å²) in [4.78, 5) is 53.7. The monoisotopic (exact) mass is 533 g/mol. The molecule has 0 saturated heterocycles. The van der Waals surface area contributed by atoms with Gasteiger partial charge in [0.05, 0.1) is 13.0 Å². The predicted molar refractivity (Wildman–Crippen MR) is 147 cm³/mol. The first-order valence-corrected chi connectivity index (χ1v) is 13.6. The number of aryl methyl sites for hydroxylation is 1. The van der Waals surface area contributed by atoms with Crippen LogP contribution in [0.25, 0.3) is 0 Å². The first-order chi connectivity index (χ1) is 17.7. The van der Waals surface area contributed by atoms with E-state index in [9.17, 15) is 19.2 Å². The van der Waals surface area contributed by atoms with Crippen LogP contribution in [0.2, 0.25) is 0 Å². The second-order valence-corrected chi connectivity index (χ2v) is 10.7. The zero-order valence-corrected chi connectivity index (χ0v) is 24.6. The highest BCUT2D eigenvalue weighted by Crippen LogP contribution is 2.28. The molecule has 3 unspecified atom stereocenters. The van der Waals surface area contributed by atoms with Gasteiger partial charge in [0, 0.05) is 12.6 Å². The largest absolute Gasteiger partial charge is 0.466 e. The molecule has 214 valence electrons. The lowest BCUT2D eigenvalue weighted by Gasteiger charge is -2.39. The van der Waals surface area contributed by atoms with Gasteiger partial charge in [-0.25, -0.2) is 4.79 Å². The van der Waals surface area contributed by atoms with E-state index < -0.39 is 35.7 Å². The molecule has 9 nitrogen and oxygen atoms in total. The third-order valence-electron chi connectivity index (χ3n) is 6.09. The minimum atomic E-state index is -0.966.